The van der Waals surface area contributed by atoms with Crippen LogP contribution in [0.25, 0.3) is 0 Å². The minimum atomic E-state index is -1.65. The highest BCUT2D eigenvalue weighted by Crippen LogP contribution is 2.29. The van der Waals surface area contributed by atoms with E-state index in [-0.39, 0.29) is 11.1 Å². The van der Waals surface area contributed by atoms with Crippen LogP contribution in [0.15, 0.2) is 30.3 Å². The first kappa shape index (κ1) is 15.4. The molecule has 2 aromatic rings. The second-order valence-electron chi connectivity index (χ2n) is 4.42. The van der Waals surface area contributed by atoms with Crippen LogP contribution in [0.2, 0.25) is 0 Å². The summed E-state index contributed by atoms with van der Waals surface area (Å²) >= 11 is 0. The van der Waals surface area contributed by atoms with Gasteiger partial charge in [-0.25, -0.2) is 22.0 Å². The normalized spacial score (nSPS) is 12.5. The average molecular weight is 301 g/mol. The molecule has 0 aromatic heterocycles. The molecule has 2 aromatic carbocycles. The van der Waals surface area contributed by atoms with Gasteiger partial charge in [0.15, 0.2) is 17.5 Å². The molecule has 112 valence electrons. The topological polar surface area (TPSA) is 12.0 Å². The molecule has 0 aliphatic heterocycles. The molecule has 0 bridgehead atoms. The van der Waals surface area contributed by atoms with Crippen molar-refractivity contribution in [3.63, 3.8) is 0 Å². The molecule has 0 fully saturated rings. The maximum absolute atomic E-state index is 13.9. The average Bonchev–Trinajstić information content (AvgIpc) is 2.46. The van der Waals surface area contributed by atoms with Crippen molar-refractivity contribution in [1.82, 2.24) is 5.32 Å². The van der Waals surface area contributed by atoms with Crippen molar-refractivity contribution < 1.29 is 22.0 Å². The van der Waals surface area contributed by atoms with Crippen molar-refractivity contribution in [2.45, 2.75) is 13.0 Å². The molecule has 2 rings (SSSR count). The van der Waals surface area contributed by atoms with E-state index in [9.17, 15) is 22.0 Å². The SMILES string of the molecule is CCNC(c1cc(F)ccc1F)c1ccc(F)c(F)c1F. The predicted molar refractivity (Wildman–Crippen MR) is 68.2 cm³/mol. The fourth-order valence-corrected chi connectivity index (χ4v) is 2.09. The van der Waals surface area contributed by atoms with Gasteiger partial charge >= 0.3 is 0 Å². The quantitative estimate of drug-likeness (QED) is 0.663. The highest BCUT2D eigenvalue weighted by atomic mass is 19.2. The molecule has 0 radical (unpaired) electrons. The molecule has 0 aliphatic carbocycles. The van der Waals surface area contributed by atoms with Gasteiger partial charge < -0.3 is 5.32 Å². The summed E-state index contributed by atoms with van der Waals surface area (Å²) in [6.45, 7) is 1.96. The van der Waals surface area contributed by atoms with Crippen molar-refractivity contribution in [3.8, 4) is 0 Å². The number of benzene rings is 2. The highest BCUT2D eigenvalue weighted by molar-refractivity contribution is 5.34. The third-order valence-corrected chi connectivity index (χ3v) is 3.05. The second-order valence-corrected chi connectivity index (χ2v) is 4.42. The van der Waals surface area contributed by atoms with Gasteiger partial charge in [0, 0.05) is 11.1 Å². The summed E-state index contributed by atoms with van der Waals surface area (Å²) < 4.78 is 67.3. The van der Waals surface area contributed by atoms with Crippen LogP contribution in [-0.4, -0.2) is 6.54 Å². The number of hydrogen-bond acceptors (Lipinski definition) is 1. The Bertz CT molecular complexity index is 657. The van der Waals surface area contributed by atoms with Gasteiger partial charge in [-0.2, -0.15) is 0 Å². The molecule has 0 spiro atoms. The van der Waals surface area contributed by atoms with E-state index in [2.05, 4.69) is 5.32 Å². The molecular weight excluding hydrogens is 289 g/mol. The van der Waals surface area contributed by atoms with Gasteiger partial charge in [0.05, 0.1) is 6.04 Å². The van der Waals surface area contributed by atoms with Gasteiger partial charge in [-0.3, -0.25) is 0 Å². The highest BCUT2D eigenvalue weighted by Gasteiger charge is 2.24. The van der Waals surface area contributed by atoms with E-state index in [0.717, 1.165) is 30.3 Å². The number of nitrogens with one attached hydrogen (secondary N) is 1. The van der Waals surface area contributed by atoms with Crippen molar-refractivity contribution in [2.75, 3.05) is 6.54 Å². The van der Waals surface area contributed by atoms with Crippen LogP contribution in [0.5, 0.6) is 0 Å². The van der Waals surface area contributed by atoms with E-state index in [4.69, 9.17) is 0 Å². The van der Waals surface area contributed by atoms with Crippen LogP contribution in [0.4, 0.5) is 22.0 Å². The van der Waals surface area contributed by atoms with E-state index in [1.807, 2.05) is 0 Å². The Hall–Kier alpha value is -1.95. The van der Waals surface area contributed by atoms with E-state index in [0.29, 0.717) is 6.54 Å². The van der Waals surface area contributed by atoms with E-state index in [1.165, 1.54) is 0 Å². The first-order valence-electron chi connectivity index (χ1n) is 6.27. The van der Waals surface area contributed by atoms with Crippen LogP contribution in [-0.2, 0) is 0 Å². The van der Waals surface area contributed by atoms with Gasteiger partial charge in [0.25, 0.3) is 0 Å². The Morgan fingerprint density at radius 3 is 2.19 bits per heavy atom. The van der Waals surface area contributed by atoms with Crippen LogP contribution in [0.1, 0.15) is 24.1 Å². The predicted octanol–water partition coefficient (Wildman–Crippen LogP) is 4.08. The maximum Gasteiger partial charge on any atom is 0.194 e. The van der Waals surface area contributed by atoms with Gasteiger partial charge in [-0.05, 0) is 30.8 Å². The molecule has 1 atom stereocenters. The van der Waals surface area contributed by atoms with Crippen LogP contribution in [0, 0.1) is 29.1 Å². The monoisotopic (exact) mass is 301 g/mol. The van der Waals surface area contributed by atoms with E-state index < -0.39 is 35.1 Å². The number of halogens is 5. The van der Waals surface area contributed by atoms with E-state index >= 15 is 0 Å². The van der Waals surface area contributed by atoms with Gasteiger partial charge in [0.2, 0.25) is 0 Å². The summed E-state index contributed by atoms with van der Waals surface area (Å²) in [7, 11) is 0. The minimum absolute atomic E-state index is 0.179. The molecule has 1 N–H and O–H groups in total. The molecule has 1 nitrogen and oxygen atoms in total. The Labute approximate surface area is 118 Å². The zero-order valence-corrected chi connectivity index (χ0v) is 11.1. The molecule has 6 heteroatoms. The van der Waals surface area contributed by atoms with Crippen LogP contribution in [0.3, 0.4) is 0 Å². The van der Waals surface area contributed by atoms with Gasteiger partial charge in [-0.1, -0.05) is 13.0 Å². The zero-order chi connectivity index (χ0) is 15.6. The molecule has 21 heavy (non-hydrogen) atoms. The van der Waals surface area contributed by atoms with Gasteiger partial charge in [0.1, 0.15) is 11.6 Å². The summed E-state index contributed by atoms with van der Waals surface area (Å²) in [4.78, 5) is 0. The fraction of sp³-hybridized carbons (Fsp3) is 0.200. The molecule has 0 saturated heterocycles. The Morgan fingerprint density at radius 2 is 1.52 bits per heavy atom. The first-order chi connectivity index (χ1) is 9.95. The standard InChI is InChI=1S/C15H12F5N/c1-2-21-15(10-7-8(16)3-5-11(10)17)9-4-6-12(18)14(20)13(9)19/h3-7,15,21H,2H2,1H3. The molecular formula is C15H12F5N. The largest absolute Gasteiger partial charge is 0.306 e. The van der Waals surface area contributed by atoms with Gasteiger partial charge in [-0.15, -0.1) is 0 Å². The van der Waals surface area contributed by atoms with Crippen molar-refractivity contribution >= 4 is 0 Å². The van der Waals surface area contributed by atoms with Crippen molar-refractivity contribution in [1.29, 1.82) is 0 Å². The van der Waals surface area contributed by atoms with Crippen LogP contribution < -0.4 is 5.32 Å². The lowest BCUT2D eigenvalue weighted by atomic mass is 9.97. The van der Waals surface area contributed by atoms with Crippen LogP contribution >= 0.6 is 0 Å². The van der Waals surface area contributed by atoms with Crippen molar-refractivity contribution in [3.05, 3.63) is 70.5 Å². The summed E-state index contributed by atoms with van der Waals surface area (Å²) in [6.07, 6.45) is 0. The number of rotatable bonds is 4. The number of hydrogen-bond donors (Lipinski definition) is 1. The Kier molecular flexibility index (Phi) is 4.57. The fourth-order valence-electron chi connectivity index (χ4n) is 2.09. The third-order valence-electron chi connectivity index (χ3n) is 3.05. The Balaban J connectivity index is 2.59. The third kappa shape index (κ3) is 3.05. The van der Waals surface area contributed by atoms with E-state index in [1.54, 1.807) is 6.92 Å². The van der Waals surface area contributed by atoms with Crippen molar-refractivity contribution in [2.24, 2.45) is 0 Å². The first-order valence-corrected chi connectivity index (χ1v) is 6.27. The molecule has 0 heterocycles. The lowest BCUT2D eigenvalue weighted by Gasteiger charge is -2.20. The molecule has 0 aliphatic rings. The Morgan fingerprint density at radius 1 is 0.857 bits per heavy atom. The summed E-state index contributed by atoms with van der Waals surface area (Å²) in [6, 6.07) is 3.33. The lowest BCUT2D eigenvalue weighted by molar-refractivity contribution is 0.431. The summed E-state index contributed by atoms with van der Waals surface area (Å²) in [5.41, 5.74) is -0.470. The summed E-state index contributed by atoms with van der Waals surface area (Å²) in [5.74, 6) is -5.90. The maximum atomic E-state index is 13.9. The zero-order valence-electron chi connectivity index (χ0n) is 11.1. The smallest absolute Gasteiger partial charge is 0.194 e. The molecule has 0 amide bonds. The lowest BCUT2D eigenvalue weighted by Crippen LogP contribution is -2.24. The molecule has 1 unspecified atom stereocenters. The summed E-state index contributed by atoms with van der Waals surface area (Å²) in [5, 5.41) is 2.73. The molecule has 0 saturated carbocycles. The minimum Gasteiger partial charge on any atom is -0.306 e. The second kappa shape index (κ2) is 6.22.